The number of pyridine rings is 1. The SMILES string of the molecule is CNC(C)c1c(F)cccc1Oc1cccnc1. The summed E-state index contributed by atoms with van der Waals surface area (Å²) in [5.74, 6) is 0.816. The van der Waals surface area contributed by atoms with Crippen molar-refractivity contribution in [2.24, 2.45) is 0 Å². The molecule has 1 atom stereocenters. The van der Waals surface area contributed by atoms with Crippen molar-refractivity contribution in [3.63, 3.8) is 0 Å². The normalized spacial score (nSPS) is 12.2. The van der Waals surface area contributed by atoms with Crippen molar-refractivity contribution in [3.8, 4) is 11.5 Å². The highest BCUT2D eigenvalue weighted by Crippen LogP contribution is 2.31. The highest BCUT2D eigenvalue weighted by molar-refractivity contribution is 5.39. The van der Waals surface area contributed by atoms with Crippen molar-refractivity contribution in [1.29, 1.82) is 0 Å². The number of ether oxygens (including phenoxy) is 1. The first kappa shape index (κ1) is 12.5. The fraction of sp³-hybridized carbons (Fsp3) is 0.214. The van der Waals surface area contributed by atoms with E-state index >= 15 is 0 Å². The third-order valence-corrected chi connectivity index (χ3v) is 2.74. The molecule has 1 heterocycles. The van der Waals surface area contributed by atoms with E-state index in [1.165, 1.54) is 6.07 Å². The Kier molecular flexibility index (Phi) is 3.89. The molecule has 0 radical (unpaired) electrons. The van der Waals surface area contributed by atoms with Crippen LogP contribution in [0.15, 0.2) is 42.7 Å². The minimum absolute atomic E-state index is 0.127. The lowest BCUT2D eigenvalue weighted by molar-refractivity contribution is 0.451. The Morgan fingerprint density at radius 2 is 2.11 bits per heavy atom. The van der Waals surface area contributed by atoms with Gasteiger partial charge in [-0.3, -0.25) is 4.98 Å². The van der Waals surface area contributed by atoms with Gasteiger partial charge in [0.25, 0.3) is 0 Å². The summed E-state index contributed by atoms with van der Waals surface area (Å²) in [4.78, 5) is 3.96. The van der Waals surface area contributed by atoms with Gasteiger partial charge in [0.1, 0.15) is 17.3 Å². The third kappa shape index (κ3) is 2.65. The van der Waals surface area contributed by atoms with E-state index in [0.29, 0.717) is 17.1 Å². The molecule has 0 fully saturated rings. The molecule has 0 saturated heterocycles. The van der Waals surface area contributed by atoms with E-state index in [0.717, 1.165) is 0 Å². The summed E-state index contributed by atoms with van der Waals surface area (Å²) in [6.07, 6.45) is 3.26. The maximum atomic E-state index is 13.9. The number of nitrogens with one attached hydrogen (secondary N) is 1. The Morgan fingerprint density at radius 3 is 2.78 bits per heavy atom. The van der Waals surface area contributed by atoms with Gasteiger partial charge in [-0.05, 0) is 38.2 Å². The second kappa shape index (κ2) is 5.60. The van der Waals surface area contributed by atoms with Crippen LogP contribution in [0.25, 0.3) is 0 Å². The molecule has 1 aromatic carbocycles. The summed E-state index contributed by atoms with van der Waals surface area (Å²) >= 11 is 0. The van der Waals surface area contributed by atoms with E-state index < -0.39 is 0 Å². The molecule has 0 saturated carbocycles. The van der Waals surface area contributed by atoms with Crippen LogP contribution in [0.5, 0.6) is 11.5 Å². The van der Waals surface area contributed by atoms with Gasteiger partial charge in [-0.2, -0.15) is 0 Å². The van der Waals surface area contributed by atoms with Gasteiger partial charge in [0.15, 0.2) is 0 Å². The van der Waals surface area contributed by atoms with E-state index in [1.807, 2.05) is 6.92 Å². The van der Waals surface area contributed by atoms with Crippen molar-refractivity contribution in [2.45, 2.75) is 13.0 Å². The van der Waals surface area contributed by atoms with Gasteiger partial charge in [-0.15, -0.1) is 0 Å². The standard InChI is InChI=1S/C14H15FN2O/c1-10(16-2)14-12(15)6-3-7-13(14)18-11-5-4-8-17-9-11/h3-10,16H,1-2H3. The Hall–Kier alpha value is -1.94. The molecule has 18 heavy (non-hydrogen) atoms. The average Bonchev–Trinajstić information content (AvgIpc) is 2.39. The van der Waals surface area contributed by atoms with Crippen molar-refractivity contribution in [3.05, 3.63) is 54.1 Å². The molecule has 0 aliphatic rings. The predicted octanol–water partition coefficient (Wildman–Crippen LogP) is 3.29. The van der Waals surface area contributed by atoms with E-state index in [4.69, 9.17) is 4.74 Å². The predicted molar refractivity (Wildman–Crippen MR) is 68.2 cm³/mol. The molecule has 0 amide bonds. The van der Waals surface area contributed by atoms with E-state index in [-0.39, 0.29) is 11.9 Å². The maximum Gasteiger partial charge on any atom is 0.145 e. The summed E-state index contributed by atoms with van der Waals surface area (Å²) in [5.41, 5.74) is 0.517. The number of nitrogens with zero attached hydrogens (tertiary/aromatic N) is 1. The summed E-state index contributed by atoms with van der Waals surface area (Å²) in [6.45, 7) is 1.88. The monoisotopic (exact) mass is 246 g/mol. The molecule has 0 aliphatic heterocycles. The Labute approximate surface area is 106 Å². The quantitative estimate of drug-likeness (QED) is 0.898. The van der Waals surface area contributed by atoms with Crippen molar-refractivity contribution in [2.75, 3.05) is 7.05 Å². The van der Waals surface area contributed by atoms with Crippen molar-refractivity contribution < 1.29 is 9.13 Å². The third-order valence-electron chi connectivity index (χ3n) is 2.74. The van der Waals surface area contributed by atoms with Gasteiger partial charge in [-0.25, -0.2) is 4.39 Å². The zero-order valence-electron chi connectivity index (χ0n) is 10.4. The minimum atomic E-state index is -0.279. The number of benzene rings is 1. The first-order valence-corrected chi connectivity index (χ1v) is 5.76. The van der Waals surface area contributed by atoms with Crippen LogP contribution in [0.1, 0.15) is 18.5 Å². The van der Waals surface area contributed by atoms with Crippen LogP contribution < -0.4 is 10.1 Å². The zero-order chi connectivity index (χ0) is 13.0. The van der Waals surface area contributed by atoms with Gasteiger partial charge in [0.05, 0.1) is 6.20 Å². The summed E-state index contributed by atoms with van der Waals surface area (Å²) < 4.78 is 19.5. The van der Waals surface area contributed by atoms with Gasteiger partial charge < -0.3 is 10.1 Å². The molecule has 0 bridgehead atoms. The van der Waals surface area contributed by atoms with Gasteiger partial charge in [0.2, 0.25) is 0 Å². The lowest BCUT2D eigenvalue weighted by atomic mass is 10.1. The number of halogens is 1. The van der Waals surface area contributed by atoms with Gasteiger partial charge >= 0.3 is 0 Å². The van der Waals surface area contributed by atoms with Crippen LogP contribution in [0.4, 0.5) is 4.39 Å². The van der Waals surface area contributed by atoms with Crippen molar-refractivity contribution >= 4 is 0 Å². The highest BCUT2D eigenvalue weighted by atomic mass is 19.1. The lowest BCUT2D eigenvalue weighted by Gasteiger charge is -2.16. The fourth-order valence-corrected chi connectivity index (χ4v) is 1.71. The van der Waals surface area contributed by atoms with Crippen molar-refractivity contribution in [1.82, 2.24) is 10.3 Å². The molecule has 1 aromatic heterocycles. The molecule has 0 aliphatic carbocycles. The first-order chi connectivity index (χ1) is 8.72. The molecule has 2 rings (SSSR count). The van der Waals surface area contributed by atoms with Crippen LogP contribution in [0.2, 0.25) is 0 Å². The minimum Gasteiger partial charge on any atom is -0.455 e. The number of hydrogen-bond acceptors (Lipinski definition) is 3. The summed E-state index contributed by atoms with van der Waals surface area (Å²) in [6, 6.07) is 8.24. The van der Waals surface area contributed by atoms with E-state index in [2.05, 4.69) is 10.3 Å². The van der Waals surface area contributed by atoms with E-state index in [9.17, 15) is 4.39 Å². The molecule has 2 aromatic rings. The second-order valence-electron chi connectivity index (χ2n) is 3.95. The number of aromatic nitrogens is 1. The number of rotatable bonds is 4. The lowest BCUT2D eigenvalue weighted by Crippen LogP contribution is -2.14. The zero-order valence-corrected chi connectivity index (χ0v) is 10.4. The van der Waals surface area contributed by atoms with Gasteiger partial charge in [-0.1, -0.05) is 6.07 Å². The van der Waals surface area contributed by atoms with Crippen LogP contribution in [-0.4, -0.2) is 12.0 Å². The summed E-state index contributed by atoms with van der Waals surface area (Å²) in [5, 5.41) is 3.01. The van der Waals surface area contributed by atoms with Gasteiger partial charge in [0, 0.05) is 17.8 Å². The maximum absolute atomic E-state index is 13.9. The average molecular weight is 246 g/mol. The Balaban J connectivity index is 2.36. The summed E-state index contributed by atoms with van der Waals surface area (Å²) in [7, 11) is 1.78. The molecular formula is C14H15FN2O. The van der Waals surface area contributed by atoms with Crippen LogP contribution in [-0.2, 0) is 0 Å². The van der Waals surface area contributed by atoms with Crippen LogP contribution in [0, 0.1) is 5.82 Å². The molecular weight excluding hydrogens is 231 g/mol. The topological polar surface area (TPSA) is 34.1 Å². The smallest absolute Gasteiger partial charge is 0.145 e. The molecule has 4 heteroatoms. The van der Waals surface area contributed by atoms with Crippen LogP contribution in [0.3, 0.4) is 0 Å². The highest BCUT2D eigenvalue weighted by Gasteiger charge is 2.15. The molecule has 0 spiro atoms. The Bertz CT molecular complexity index is 516. The molecule has 1 unspecified atom stereocenters. The number of hydrogen-bond donors (Lipinski definition) is 1. The second-order valence-corrected chi connectivity index (χ2v) is 3.95. The molecule has 1 N–H and O–H groups in total. The largest absolute Gasteiger partial charge is 0.455 e. The van der Waals surface area contributed by atoms with Crippen LogP contribution >= 0.6 is 0 Å². The molecule has 94 valence electrons. The first-order valence-electron chi connectivity index (χ1n) is 5.76. The fourth-order valence-electron chi connectivity index (χ4n) is 1.71. The molecule has 3 nitrogen and oxygen atoms in total. The van der Waals surface area contributed by atoms with E-state index in [1.54, 1.807) is 43.7 Å². The Morgan fingerprint density at radius 1 is 1.28 bits per heavy atom.